The number of piperazine rings is 1. The maximum Gasteiger partial charge on any atom is 0.241 e. The molecular weight excluding hydrogens is 245 g/mol. The Hall–Kier alpha value is -1.62. The van der Waals surface area contributed by atoms with E-state index in [1.165, 1.54) is 12.1 Å². The number of anilines is 1. The second kappa shape index (κ2) is 6.02. The highest BCUT2D eigenvalue weighted by Crippen LogP contribution is 2.15. The molecule has 19 heavy (non-hydrogen) atoms. The standard InChI is InChI=1S/C14H20FN3O/c1-11-3-4-12(15)9-13(11)16-10-14(19)18-7-5-17(2)6-8-18/h3-4,9,16H,5-8,10H2,1-2H3. The van der Waals surface area contributed by atoms with E-state index >= 15 is 0 Å². The number of aryl methyl sites for hydroxylation is 1. The van der Waals surface area contributed by atoms with Gasteiger partial charge >= 0.3 is 0 Å². The highest BCUT2D eigenvalue weighted by molar-refractivity contribution is 5.81. The molecule has 0 bridgehead atoms. The summed E-state index contributed by atoms with van der Waals surface area (Å²) in [6.07, 6.45) is 0. The van der Waals surface area contributed by atoms with E-state index in [9.17, 15) is 9.18 Å². The largest absolute Gasteiger partial charge is 0.376 e. The summed E-state index contributed by atoms with van der Waals surface area (Å²) < 4.78 is 13.1. The van der Waals surface area contributed by atoms with Gasteiger partial charge < -0.3 is 15.1 Å². The zero-order valence-electron chi connectivity index (χ0n) is 11.4. The van der Waals surface area contributed by atoms with Crippen molar-refractivity contribution >= 4 is 11.6 Å². The van der Waals surface area contributed by atoms with E-state index < -0.39 is 0 Å². The van der Waals surface area contributed by atoms with Gasteiger partial charge in [0.25, 0.3) is 0 Å². The highest BCUT2D eigenvalue weighted by Gasteiger charge is 2.18. The third-order valence-corrected chi connectivity index (χ3v) is 3.49. The molecule has 2 rings (SSSR count). The van der Waals surface area contributed by atoms with Gasteiger partial charge in [-0.05, 0) is 31.7 Å². The number of amides is 1. The van der Waals surface area contributed by atoms with E-state index in [2.05, 4.69) is 17.3 Å². The predicted octanol–water partition coefficient (Wildman–Crippen LogP) is 1.32. The van der Waals surface area contributed by atoms with Crippen molar-refractivity contribution in [3.05, 3.63) is 29.6 Å². The topological polar surface area (TPSA) is 35.6 Å². The Kier molecular flexibility index (Phi) is 4.37. The van der Waals surface area contributed by atoms with Crippen molar-refractivity contribution in [1.82, 2.24) is 9.80 Å². The number of carbonyl (C=O) groups is 1. The smallest absolute Gasteiger partial charge is 0.241 e. The van der Waals surface area contributed by atoms with Crippen LogP contribution in [-0.4, -0.2) is 55.5 Å². The molecule has 1 heterocycles. The summed E-state index contributed by atoms with van der Waals surface area (Å²) in [7, 11) is 2.05. The Labute approximate surface area is 113 Å². The fraction of sp³-hybridized carbons (Fsp3) is 0.500. The Morgan fingerprint density at radius 1 is 1.32 bits per heavy atom. The maximum absolute atomic E-state index is 13.1. The summed E-state index contributed by atoms with van der Waals surface area (Å²) in [6, 6.07) is 4.55. The average molecular weight is 265 g/mol. The van der Waals surface area contributed by atoms with Gasteiger partial charge in [0, 0.05) is 31.9 Å². The van der Waals surface area contributed by atoms with Gasteiger partial charge in [-0.3, -0.25) is 4.79 Å². The highest BCUT2D eigenvalue weighted by atomic mass is 19.1. The number of carbonyl (C=O) groups excluding carboxylic acids is 1. The van der Waals surface area contributed by atoms with Crippen molar-refractivity contribution < 1.29 is 9.18 Å². The minimum absolute atomic E-state index is 0.0664. The van der Waals surface area contributed by atoms with E-state index in [0.717, 1.165) is 31.7 Å². The number of nitrogens with one attached hydrogen (secondary N) is 1. The second-order valence-electron chi connectivity index (χ2n) is 5.00. The van der Waals surface area contributed by atoms with Crippen LogP contribution in [0.5, 0.6) is 0 Å². The number of hydrogen-bond acceptors (Lipinski definition) is 3. The van der Waals surface area contributed by atoms with Gasteiger partial charge in [-0.1, -0.05) is 6.07 Å². The van der Waals surface area contributed by atoms with Crippen LogP contribution in [0.2, 0.25) is 0 Å². The van der Waals surface area contributed by atoms with Crippen molar-refractivity contribution in [3.63, 3.8) is 0 Å². The molecule has 0 spiro atoms. The van der Waals surface area contributed by atoms with Crippen LogP contribution in [0.15, 0.2) is 18.2 Å². The zero-order chi connectivity index (χ0) is 13.8. The molecule has 0 saturated carbocycles. The molecule has 104 valence electrons. The first kappa shape index (κ1) is 13.8. The van der Waals surface area contributed by atoms with Gasteiger partial charge in [0.2, 0.25) is 5.91 Å². The number of hydrogen-bond donors (Lipinski definition) is 1. The number of rotatable bonds is 3. The Balaban J connectivity index is 1.88. The molecule has 1 aliphatic rings. The zero-order valence-corrected chi connectivity index (χ0v) is 11.4. The Morgan fingerprint density at radius 2 is 2.00 bits per heavy atom. The molecule has 1 saturated heterocycles. The van der Waals surface area contributed by atoms with E-state index in [0.29, 0.717) is 5.69 Å². The molecule has 1 aromatic rings. The van der Waals surface area contributed by atoms with E-state index in [1.54, 1.807) is 6.07 Å². The lowest BCUT2D eigenvalue weighted by atomic mass is 10.2. The van der Waals surface area contributed by atoms with Gasteiger partial charge in [-0.2, -0.15) is 0 Å². The van der Waals surface area contributed by atoms with Crippen LogP contribution in [0.1, 0.15) is 5.56 Å². The molecular formula is C14H20FN3O. The lowest BCUT2D eigenvalue weighted by Gasteiger charge is -2.32. The Morgan fingerprint density at radius 3 is 2.68 bits per heavy atom. The quantitative estimate of drug-likeness (QED) is 0.895. The molecule has 0 atom stereocenters. The van der Waals surface area contributed by atoms with Gasteiger partial charge in [0.05, 0.1) is 6.54 Å². The van der Waals surface area contributed by atoms with Crippen LogP contribution in [-0.2, 0) is 4.79 Å². The summed E-state index contributed by atoms with van der Waals surface area (Å²) in [6.45, 7) is 5.45. The molecule has 5 heteroatoms. The third kappa shape index (κ3) is 3.67. The summed E-state index contributed by atoms with van der Waals surface area (Å²) in [4.78, 5) is 16.1. The van der Waals surface area contributed by atoms with Gasteiger partial charge in [0.1, 0.15) is 5.82 Å². The van der Waals surface area contributed by atoms with E-state index in [1.807, 2.05) is 11.8 Å². The third-order valence-electron chi connectivity index (χ3n) is 3.49. The molecule has 1 N–H and O–H groups in total. The number of halogens is 1. The number of benzene rings is 1. The summed E-state index contributed by atoms with van der Waals surface area (Å²) >= 11 is 0. The van der Waals surface area contributed by atoms with Crippen LogP contribution in [0, 0.1) is 12.7 Å². The van der Waals surface area contributed by atoms with Crippen molar-refractivity contribution in [3.8, 4) is 0 Å². The van der Waals surface area contributed by atoms with Crippen molar-refractivity contribution in [2.75, 3.05) is 45.1 Å². The summed E-state index contributed by atoms with van der Waals surface area (Å²) in [5, 5.41) is 3.02. The first-order valence-electron chi connectivity index (χ1n) is 6.52. The first-order chi connectivity index (χ1) is 9.06. The molecule has 0 radical (unpaired) electrons. The summed E-state index contributed by atoms with van der Waals surface area (Å²) in [5.41, 5.74) is 1.62. The molecule has 1 aromatic carbocycles. The first-order valence-corrected chi connectivity index (χ1v) is 6.52. The molecule has 0 aromatic heterocycles. The molecule has 0 aliphatic carbocycles. The normalized spacial score (nSPS) is 16.5. The van der Waals surface area contributed by atoms with Gasteiger partial charge in [-0.15, -0.1) is 0 Å². The molecule has 1 aliphatic heterocycles. The molecule has 4 nitrogen and oxygen atoms in total. The number of nitrogens with zero attached hydrogens (tertiary/aromatic N) is 2. The minimum Gasteiger partial charge on any atom is -0.376 e. The van der Waals surface area contributed by atoms with Crippen LogP contribution in [0.3, 0.4) is 0 Å². The predicted molar refractivity (Wildman–Crippen MR) is 73.7 cm³/mol. The van der Waals surface area contributed by atoms with Crippen molar-refractivity contribution in [2.45, 2.75) is 6.92 Å². The second-order valence-corrected chi connectivity index (χ2v) is 5.00. The minimum atomic E-state index is -0.292. The lowest BCUT2D eigenvalue weighted by Crippen LogP contribution is -2.48. The van der Waals surface area contributed by atoms with Crippen LogP contribution in [0.4, 0.5) is 10.1 Å². The van der Waals surface area contributed by atoms with Gasteiger partial charge in [0.15, 0.2) is 0 Å². The van der Waals surface area contributed by atoms with Crippen LogP contribution >= 0.6 is 0 Å². The monoisotopic (exact) mass is 265 g/mol. The molecule has 1 amide bonds. The summed E-state index contributed by atoms with van der Waals surface area (Å²) in [5.74, 6) is -0.225. The van der Waals surface area contributed by atoms with Crippen molar-refractivity contribution in [1.29, 1.82) is 0 Å². The van der Waals surface area contributed by atoms with Crippen molar-refractivity contribution in [2.24, 2.45) is 0 Å². The van der Waals surface area contributed by atoms with E-state index in [-0.39, 0.29) is 18.3 Å². The number of likely N-dealkylation sites (N-methyl/N-ethyl adjacent to an activating group) is 1. The molecule has 1 fully saturated rings. The van der Waals surface area contributed by atoms with Gasteiger partial charge in [-0.25, -0.2) is 4.39 Å². The average Bonchev–Trinajstić information content (AvgIpc) is 2.40. The van der Waals surface area contributed by atoms with Crippen LogP contribution < -0.4 is 5.32 Å². The lowest BCUT2D eigenvalue weighted by molar-refractivity contribution is -0.130. The maximum atomic E-state index is 13.1. The fourth-order valence-corrected chi connectivity index (χ4v) is 2.12. The fourth-order valence-electron chi connectivity index (χ4n) is 2.12. The SMILES string of the molecule is Cc1ccc(F)cc1NCC(=O)N1CCN(C)CC1. The Bertz CT molecular complexity index is 456. The molecule has 0 unspecified atom stereocenters. The van der Waals surface area contributed by atoms with Crippen LogP contribution in [0.25, 0.3) is 0 Å². The van der Waals surface area contributed by atoms with E-state index in [4.69, 9.17) is 0 Å².